The van der Waals surface area contributed by atoms with Gasteiger partial charge in [0.05, 0.1) is 17.6 Å². The fourth-order valence-corrected chi connectivity index (χ4v) is 1.68. The molecule has 0 saturated heterocycles. The van der Waals surface area contributed by atoms with E-state index in [1.54, 1.807) is 32.4 Å². The minimum Gasteiger partial charge on any atom is -0.496 e. The summed E-state index contributed by atoms with van der Waals surface area (Å²) in [6, 6.07) is 4.64. The molecule has 0 radical (unpaired) electrons. The summed E-state index contributed by atoms with van der Waals surface area (Å²) in [6.07, 6.45) is 2.31. The van der Waals surface area contributed by atoms with Crippen molar-refractivity contribution in [3.63, 3.8) is 0 Å². The minimum atomic E-state index is -1.06. The molecule has 7 heteroatoms. The number of rotatable bonds is 3. The van der Waals surface area contributed by atoms with Gasteiger partial charge in [-0.3, -0.25) is 9.78 Å². The second-order valence-electron chi connectivity index (χ2n) is 4.24. The van der Waals surface area contributed by atoms with Crippen LogP contribution in [0.3, 0.4) is 0 Å². The molecule has 1 aromatic carbocycles. The topological polar surface area (TPSA) is 79.7 Å². The molecule has 1 amide bonds. The average Bonchev–Trinajstić information content (AvgIpc) is 2.46. The Kier molecular flexibility index (Phi) is 5.92. The molecule has 0 fully saturated rings. The van der Waals surface area contributed by atoms with Crippen LogP contribution in [0.4, 0.5) is 0 Å². The maximum Gasteiger partial charge on any atom is 0.339 e. The predicted octanol–water partition coefficient (Wildman–Crippen LogP) is 2.30. The van der Waals surface area contributed by atoms with E-state index in [9.17, 15) is 9.59 Å². The van der Waals surface area contributed by atoms with Gasteiger partial charge in [0, 0.05) is 31.7 Å². The van der Waals surface area contributed by atoms with Crippen LogP contribution >= 0.6 is 11.6 Å². The zero-order chi connectivity index (χ0) is 16.0. The Bertz CT molecular complexity index is 659. The monoisotopic (exact) mass is 310 g/mol. The van der Waals surface area contributed by atoms with E-state index in [4.69, 9.17) is 21.4 Å². The number of ether oxygens (including phenoxy) is 1. The van der Waals surface area contributed by atoms with Gasteiger partial charge >= 0.3 is 5.97 Å². The van der Waals surface area contributed by atoms with Gasteiger partial charge in [-0.1, -0.05) is 11.6 Å². The molecule has 6 nitrogen and oxygen atoms in total. The van der Waals surface area contributed by atoms with Crippen molar-refractivity contribution in [1.29, 1.82) is 0 Å². The molecule has 0 spiro atoms. The largest absolute Gasteiger partial charge is 0.496 e. The Morgan fingerprint density at radius 1 is 1.43 bits per heavy atom. The summed E-state index contributed by atoms with van der Waals surface area (Å²) in [4.78, 5) is 26.0. The molecule has 2 rings (SSSR count). The number of carbonyl (C=O) groups is 2. The molecule has 0 atom stereocenters. The number of methoxy groups -OCH3 is 1. The number of hydrogen-bond donors (Lipinski definition) is 1. The van der Waals surface area contributed by atoms with Crippen LogP contribution < -0.4 is 4.74 Å². The van der Waals surface area contributed by atoms with E-state index in [0.29, 0.717) is 15.9 Å². The number of fused-ring (bicyclic) bond motifs is 1. The number of benzene rings is 1. The third-order valence-corrected chi connectivity index (χ3v) is 2.78. The highest BCUT2D eigenvalue weighted by molar-refractivity contribution is 6.35. The first kappa shape index (κ1) is 16.7. The number of pyridine rings is 1. The summed E-state index contributed by atoms with van der Waals surface area (Å²) < 4.78 is 4.99. The lowest BCUT2D eigenvalue weighted by molar-refractivity contribution is -0.115. The third kappa shape index (κ3) is 4.32. The average molecular weight is 311 g/mol. The highest BCUT2D eigenvalue weighted by Crippen LogP contribution is 2.28. The van der Waals surface area contributed by atoms with Crippen LogP contribution in [0.2, 0.25) is 5.02 Å². The van der Waals surface area contributed by atoms with Gasteiger partial charge in [-0.15, -0.1) is 0 Å². The Hall–Kier alpha value is -2.34. The second kappa shape index (κ2) is 7.44. The summed E-state index contributed by atoms with van der Waals surface area (Å²) in [6.45, 7) is 0. The van der Waals surface area contributed by atoms with Gasteiger partial charge in [0.15, 0.2) is 0 Å². The standard InChI is InChI=1S/C11H8ClNO3.C3H7NO/c1-16-10-5-9-6(4-7(10)11(14)15)8(12)2-3-13-9;1-4(2)3-5/h2-5H,1H3,(H,14,15);3H,1-2H3. The first-order chi connectivity index (χ1) is 9.90. The lowest BCUT2D eigenvalue weighted by atomic mass is 10.1. The number of amides is 1. The van der Waals surface area contributed by atoms with Crippen LogP contribution in [0, 0.1) is 0 Å². The summed E-state index contributed by atoms with van der Waals surface area (Å²) >= 11 is 5.96. The van der Waals surface area contributed by atoms with Crippen LogP contribution in [0.25, 0.3) is 10.9 Å². The molecule has 0 aliphatic rings. The van der Waals surface area contributed by atoms with E-state index in [0.717, 1.165) is 6.41 Å². The molecule has 0 saturated carbocycles. The molecule has 1 N–H and O–H groups in total. The van der Waals surface area contributed by atoms with Crippen molar-refractivity contribution in [2.45, 2.75) is 0 Å². The van der Waals surface area contributed by atoms with Crippen molar-refractivity contribution in [2.75, 3.05) is 21.2 Å². The Balaban J connectivity index is 0.000000383. The number of halogens is 1. The van der Waals surface area contributed by atoms with Crippen LogP contribution in [0.5, 0.6) is 5.75 Å². The molecule has 0 aliphatic heterocycles. The van der Waals surface area contributed by atoms with Crippen molar-refractivity contribution < 1.29 is 19.4 Å². The normalized spacial score (nSPS) is 9.52. The van der Waals surface area contributed by atoms with Crippen LogP contribution in [-0.4, -0.2) is 48.6 Å². The zero-order valence-electron chi connectivity index (χ0n) is 11.8. The van der Waals surface area contributed by atoms with Gasteiger partial charge in [-0.2, -0.15) is 0 Å². The minimum absolute atomic E-state index is 0.0740. The number of carboxylic acids is 1. The highest BCUT2D eigenvalue weighted by Gasteiger charge is 2.13. The molecular weight excluding hydrogens is 296 g/mol. The van der Waals surface area contributed by atoms with Gasteiger partial charge in [-0.25, -0.2) is 4.79 Å². The predicted molar refractivity (Wildman–Crippen MR) is 80.0 cm³/mol. The van der Waals surface area contributed by atoms with E-state index in [2.05, 4.69) is 4.98 Å². The van der Waals surface area contributed by atoms with E-state index < -0.39 is 5.97 Å². The molecule has 1 aromatic heterocycles. The number of aromatic carboxylic acids is 1. The molecule has 112 valence electrons. The molecule has 1 heterocycles. The Morgan fingerprint density at radius 3 is 2.52 bits per heavy atom. The van der Waals surface area contributed by atoms with Crippen molar-refractivity contribution in [1.82, 2.24) is 9.88 Å². The summed E-state index contributed by atoms with van der Waals surface area (Å²) in [7, 11) is 4.79. The van der Waals surface area contributed by atoms with E-state index >= 15 is 0 Å². The SMILES string of the molecule is CN(C)C=O.COc1cc2nccc(Cl)c2cc1C(=O)O. The molecule has 2 aromatic rings. The van der Waals surface area contributed by atoms with Gasteiger partial charge < -0.3 is 14.7 Å². The number of carboxylic acid groups (broad SMARTS) is 1. The second-order valence-corrected chi connectivity index (χ2v) is 4.64. The van der Waals surface area contributed by atoms with Crippen molar-refractivity contribution >= 4 is 34.9 Å². The lowest BCUT2D eigenvalue weighted by Gasteiger charge is -2.07. The third-order valence-electron chi connectivity index (χ3n) is 2.45. The smallest absolute Gasteiger partial charge is 0.339 e. The van der Waals surface area contributed by atoms with E-state index in [-0.39, 0.29) is 11.3 Å². The number of aromatic nitrogens is 1. The molecule has 0 aliphatic carbocycles. The van der Waals surface area contributed by atoms with Gasteiger partial charge in [0.2, 0.25) is 6.41 Å². The van der Waals surface area contributed by atoms with Gasteiger partial charge in [0.1, 0.15) is 11.3 Å². The highest BCUT2D eigenvalue weighted by atomic mass is 35.5. The zero-order valence-corrected chi connectivity index (χ0v) is 12.6. The van der Waals surface area contributed by atoms with Crippen LogP contribution in [0.15, 0.2) is 24.4 Å². The number of nitrogens with zero attached hydrogens (tertiary/aromatic N) is 2. The van der Waals surface area contributed by atoms with Gasteiger partial charge in [-0.05, 0) is 12.1 Å². The molecular formula is C14H15ClN2O4. The summed E-state index contributed by atoms with van der Waals surface area (Å²) in [5.41, 5.74) is 0.680. The number of carbonyl (C=O) groups excluding carboxylic acids is 1. The molecule has 21 heavy (non-hydrogen) atoms. The fourth-order valence-electron chi connectivity index (χ4n) is 1.48. The van der Waals surface area contributed by atoms with E-state index in [1.807, 2.05) is 0 Å². The van der Waals surface area contributed by atoms with Crippen molar-refractivity contribution in [2.24, 2.45) is 0 Å². The first-order valence-electron chi connectivity index (χ1n) is 5.88. The Morgan fingerprint density at radius 2 is 2.05 bits per heavy atom. The van der Waals surface area contributed by atoms with Crippen LogP contribution in [-0.2, 0) is 4.79 Å². The lowest BCUT2D eigenvalue weighted by Crippen LogP contribution is -2.06. The summed E-state index contributed by atoms with van der Waals surface area (Å²) in [5, 5.41) is 10.1. The molecule has 0 unspecified atom stereocenters. The molecule has 0 bridgehead atoms. The number of hydrogen-bond acceptors (Lipinski definition) is 4. The van der Waals surface area contributed by atoms with Crippen molar-refractivity contribution in [3.8, 4) is 5.75 Å². The fraction of sp³-hybridized carbons (Fsp3) is 0.214. The maximum atomic E-state index is 11.0. The summed E-state index contributed by atoms with van der Waals surface area (Å²) in [5.74, 6) is -0.784. The van der Waals surface area contributed by atoms with Crippen molar-refractivity contribution in [3.05, 3.63) is 35.0 Å². The maximum absolute atomic E-state index is 11.0. The quantitative estimate of drug-likeness (QED) is 0.880. The van der Waals surface area contributed by atoms with E-state index in [1.165, 1.54) is 18.1 Å². The van der Waals surface area contributed by atoms with Crippen LogP contribution in [0.1, 0.15) is 10.4 Å². The van der Waals surface area contributed by atoms with Gasteiger partial charge in [0.25, 0.3) is 0 Å². The first-order valence-corrected chi connectivity index (χ1v) is 6.25. The Labute approximate surface area is 126 Å².